The number of ether oxygens (including phenoxy) is 2. The molecule has 0 unspecified atom stereocenters. The maximum Gasteiger partial charge on any atom is 0.140 e. The van der Waals surface area contributed by atoms with Gasteiger partial charge in [0.15, 0.2) is 0 Å². The highest BCUT2D eigenvalue weighted by Crippen LogP contribution is 2.27. The Bertz CT molecular complexity index is 1160. The highest BCUT2D eigenvalue weighted by Gasteiger charge is 2.09. The molecule has 0 aliphatic carbocycles. The summed E-state index contributed by atoms with van der Waals surface area (Å²) in [5.41, 5.74) is 6.31. The van der Waals surface area contributed by atoms with Gasteiger partial charge in [0.05, 0.1) is 31.0 Å². The third-order valence-corrected chi connectivity index (χ3v) is 5.72. The van der Waals surface area contributed by atoms with Gasteiger partial charge in [-0.1, -0.05) is 47.6 Å². The van der Waals surface area contributed by atoms with Crippen LogP contribution in [-0.4, -0.2) is 18.7 Å². The molecule has 0 saturated heterocycles. The van der Waals surface area contributed by atoms with Crippen LogP contribution >= 0.6 is 0 Å². The topological polar surface area (TPSA) is 55.1 Å². The molecule has 1 aromatic heterocycles. The van der Waals surface area contributed by atoms with Crippen LogP contribution in [0.2, 0.25) is 0 Å². The molecular formula is C32H43FN2O2. The summed E-state index contributed by atoms with van der Waals surface area (Å²) in [7, 11) is 1.68. The molecule has 4 nitrogen and oxygen atoms in total. The molecule has 0 fully saturated rings. The van der Waals surface area contributed by atoms with Crippen molar-refractivity contribution in [1.82, 2.24) is 4.98 Å². The van der Waals surface area contributed by atoms with Crippen LogP contribution in [0, 0.1) is 31.0 Å². The summed E-state index contributed by atoms with van der Waals surface area (Å²) in [6.07, 6.45) is 0. The van der Waals surface area contributed by atoms with E-state index in [1.165, 1.54) is 23.3 Å². The summed E-state index contributed by atoms with van der Waals surface area (Å²) in [6.45, 7) is 19.2. The Hall–Kier alpha value is -3.39. The number of halogens is 1. The molecule has 0 aliphatic rings. The van der Waals surface area contributed by atoms with Gasteiger partial charge in [-0.15, -0.1) is 0 Å². The lowest BCUT2D eigenvalue weighted by Gasteiger charge is -2.12. The quantitative estimate of drug-likeness (QED) is 0.335. The molecule has 37 heavy (non-hydrogen) atoms. The third-order valence-electron chi connectivity index (χ3n) is 5.72. The van der Waals surface area contributed by atoms with Gasteiger partial charge in [-0.25, -0.2) is 4.39 Å². The van der Waals surface area contributed by atoms with Crippen molar-refractivity contribution < 1.29 is 13.9 Å². The minimum Gasteiger partial charge on any atom is -0.495 e. The minimum absolute atomic E-state index is 0.202. The second kappa shape index (κ2) is 15.7. The predicted molar refractivity (Wildman–Crippen MR) is 151 cm³/mol. The van der Waals surface area contributed by atoms with Crippen LogP contribution in [0.25, 0.3) is 0 Å². The van der Waals surface area contributed by atoms with E-state index in [1.54, 1.807) is 13.2 Å². The number of hydrogen-bond donors (Lipinski definition) is 0. The molecule has 200 valence electrons. The van der Waals surface area contributed by atoms with Gasteiger partial charge in [0, 0.05) is 5.69 Å². The summed E-state index contributed by atoms with van der Waals surface area (Å²) in [5, 5.41) is 8.68. The van der Waals surface area contributed by atoms with Gasteiger partial charge in [-0.05, 0) is 97.7 Å². The summed E-state index contributed by atoms with van der Waals surface area (Å²) in [5.74, 6) is 2.68. The van der Waals surface area contributed by atoms with Gasteiger partial charge in [-0.2, -0.15) is 5.26 Å². The first-order valence-electron chi connectivity index (χ1n) is 12.9. The number of hydrogen-bond acceptors (Lipinski definition) is 4. The molecule has 0 spiro atoms. The van der Waals surface area contributed by atoms with Gasteiger partial charge < -0.3 is 9.47 Å². The first kappa shape index (κ1) is 31.6. The highest BCUT2D eigenvalue weighted by atomic mass is 19.1. The Morgan fingerprint density at radius 1 is 0.838 bits per heavy atom. The van der Waals surface area contributed by atoms with Crippen molar-refractivity contribution in [3.8, 4) is 17.6 Å². The third kappa shape index (κ3) is 10.2. The fourth-order valence-corrected chi connectivity index (χ4v) is 3.74. The number of nitriles is 1. The normalized spacial score (nSPS) is 10.3. The van der Waals surface area contributed by atoms with Gasteiger partial charge in [0.2, 0.25) is 0 Å². The first-order valence-corrected chi connectivity index (χ1v) is 12.9. The van der Waals surface area contributed by atoms with E-state index in [2.05, 4.69) is 45.7 Å². The second-order valence-corrected chi connectivity index (χ2v) is 9.80. The largest absolute Gasteiger partial charge is 0.495 e. The Kier molecular flexibility index (Phi) is 13.4. The molecule has 3 aromatic rings. The Labute approximate surface area is 223 Å². The summed E-state index contributed by atoms with van der Waals surface area (Å²) in [4.78, 5) is 4.42. The number of nitrogens with zero attached hydrogens (tertiary/aromatic N) is 2. The molecule has 0 N–H and O–H groups in total. The van der Waals surface area contributed by atoms with Crippen molar-refractivity contribution in [2.24, 2.45) is 0 Å². The summed E-state index contributed by atoms with van der Waals surface area (Å²) < 4.78 is 23.5. The van der Waals surface area contributed by atoms with E-state index >= 15 is 0 Å². The van der Waals surface area contributed by atoms with E-state index in [0.717, 1.165) is 34.0 Å². The molecule has 0 atom stereocenters. The lowest BCUT2D eigenvalue weighted by Crippen LogP contribution is -1.98. The van der Waals surface area contributed by atoms with Crippen LogP contribution in [0.15, 0.2) is 48.5 Å². The van der Waals surface area contributed by atoms with Crippen LogP contribution in [0.5, 0.6) is 11.5 Å². The second-order valence-electron chi connectivity index (χ2n) is 9.80. The van der Waals surface area contributed by atoms with Crippen LogP contribution in [0.4, 0.5) is 4.39 Å². The first-order chi connectivity index (χ1) is 17.4. The smallest absolute Gasteiger partial charge is 0.140 e. The Balaban J connectivity index is 0.000000278. The average Bonchev–Trinajstić information content (AvgIpc) is 2.86. The summed E-state index contributed by atoms with van der Waals surface area (Å²) in [6, 6.07) is 16.6. The average molecular weight is 507 g/mol. The van der Waals surface area contributed by atoms with E-state index in [1.807, 2.05) is 58.0 Å². The van der Waals surface area contributed by atoms with Crippen molar-refractivity contribution in [1.29, 1.82) is 5.26 Å². The van der Waals surface area contributed by atoms with Crippen molar-refractivity contribution in [3.63, 3.8) is 0 Å². The molecule has 0 aliphatic heterocycles. The highest BCUT2D eigenvalue weighted by molar-refractivity contribution is 5.39. The zero-order valence-electron chi connectivity index (χ0n) is 24.1. The monoisotopic (exact) mass is 506 g/mol. The molecule has 0 radical (unpaired) electrons. The molecule has 1 heterocycles. The van der Waals surface area contributed by atoms with Gasteiger partial charge in [0.25, 0.3) is 0 Å². The zero-order valence-corrected chi connectivity index (χ0v) is 24.1. The van der Waals surface area contributed by atoms with Gasteiger partial charge in [-0.3, -0.25) is 4.98 Å². The van der Waals surface area contributed by atoms with Crippen LogP contribution in [0.3, 0.4) is 0 Å². The van der Waals surface area contributed by atoms with Crippen molar-refractivity contribution >= 4 is 0 Å². The predicted octanol–water partition coefficient (Wildman–Crippen LogP) is 8.86. The zero-order chi connectivity index (χ0) is 28.1. The van der Waals surface area contributed by atoms with E-state index in [0.29, 0.717) is 18.4 Å². The number of aryl methyl sites for hydroxylation is 2. The van der Waals surface area contributed by atoms with E-state index in [-0.39, 0.29) is 11.7 Å². The van der Waals surface area contributed by atoms with Crippen molar-refractivity contribution in [3.05, 3.63) is 88.0 Å². The molecule has 2 aromatic carbocycles. The van der Waals surface area contributed by atoms with E-state index in [4.69, 9.17) is 14.7 Å². The van der Waals surface area contributed by atoms with Crippen LogP contribution in [0.1, 0.15) is 99.9 Å². The fraction of sp³-hybridized carbons (Fsp3) is 0.438. The molecule has 3 rings (SSSR count). The van der Waals surface area contributed by atoms with Crippen molar-refractivity contribution in [2.45, 2.75) is 80.1 Å². The van der Waals surface area contributed by atoms with E-state index < -0.39 is 0 Å². The lowest BCUT2D eigenvalue weighted by atomic mass is 9.96. The lowest BCUT2D eigenvalue weighted by molar-refractivity contribution is 0.334. The molecule has 5 heteroatoms. The maximum atomic E-state index is 12.9. The van der Waals surface area contributed by atoms with Gasteiger partial charge in [0.1, 0.15) is 17.3 Å². The molecular weight excluding hydrogens is 463 g/mol. The van der Waals surface area contributed by atoms with Crippen molar-refractivity contribution in [2.75, 3.05) is 13.7 Å². The molecule has 0 bridgehead atoms. The van der Waals surface area contributed by atoms with E-state index in [9.17, 15) is 4.39 Å². The molecule has 0 saturated carbocycles. The summed E-state index contributed by atoms with van der Waals surface area (Å²) >= 11 is 0. The van der Waals surface area contributed by atoms with Crippen LogP contribution < -0.4 is 9.47 Å². The standard InChI is InChI=1S/C11H15FO.C11H13N.C10H15NO/c1-4-13-11-6-5-9(12)7-10(11)8(2)3;1-8(2)11-6-10(7-12)5-4-9(11)3;1-7(2)10-9(12-4)6-5-8(3)11-10/h5-8H,4H2,1-3H3;4-6,8H,1-3H3;5-7H,1-4H3. The number of rotatable bonds is 6. The Morgan fingerprint density at radius 2 is 1.46 bits per heavy atom. The maximum absolute atomic E-state index is 12.9. The fourth-order valence-electron chi connectivity index (χ4n) is 3.74. The Morgan fingerprint density at radius 3 is 1.97 bits per heavy atom. The SMILES string of the molecule is CCOc1ccc(F)cc1C(C)C.COc1ccc(C)nc1C(C)C.Cc1ccc(C#N)cc1C(C)C. The number of pyridine rings is 1. The minimum atomic E-state index is -0.202. The number of methoxy groups -OCH3 is 1. The van der Waals surface area contributed by atoms with Crippen LogP contribution in [-0.2, 0) is 0 Å². The van der Waals surface area contributed by atoms with Gasteiger partial charge >= 0.3 is 0 Å². The molecule has 0 amide bonds. The number of benzene rings is 2. The number of aromatic nitrogens is 1.